The molecule has 4 aromatic rings. The lowest BCUT2D eigenvalue weighted by Gasteiger charge is -2.17. The van der Waals surface area contributed by atoms with Crippen LogP contribution >= 0.6 is 0 Å². The van der Waals surface area contributed by atoms with Crippen molar-refractivity contribution in [1.29, 1.82) is 0 Å². The minimum Gasteiger partial charge on any atom is -0.476 e. The van der Waals surface area contributed by atoms with E-state index in [1.165, 1.54) is 10.6 Å². The van der Waals surface area contributed by atoms with E-state index in [9.17, 15) is 19.5 Å². The van der Waals surface area contributed by atoms with Crippen LogP contribution in [0.5, 0.6) is 0 Å². The molecule has 0 radical (unpaired) electrons. The van der Waals surface area contributed by atoms with Gasteiger partial charge in [-0.25, -0.2) is 14.6 Å². The molecule has 1 atom stereocenters. The molecule has 1 unspecified atom stereocenters. The molecule has 9 heteroatoms. The van der Waals surface area contributed by atoms with Crippen molar-refractivity contribution in [2.75, 3.05) is 5.32 Å². The molecular weight excluding hydrogens is 386 g/mol. The van der Waals surface area contributed by atoms with E-state index in [0.29, 0.717) is 17.1 Å². The van der Waals surface area contributed by atoms with E-state index in [1.54, 1.807) is 12.1 Å². The summed E-state index contributed by atoms with van der Waals surface area (Å²) >= 11 is 0. The van der Waals surface area contributed by atoms with Crippen molar-refractivity contribution in [3.63, 3.8) is 0 Å². The van der Waals surface area contributed by atoms with Gasteiger partial charge >= 0.3 is 12.0 Å². The van der Waals surface area contributed by atoms with Crippen molar-refractivity contribution in [1.82, 2.24) is 19.7 Å². The standard InChI is InChI=1S/C21H15N5O4/c27-19-18-23-14(20(28)29)10-26(18)17-15(24-19)12-8-4-5-9-13(12)16(17)25-21(30)22-11-6-2-1-3-7-11/h1-10,16H,(H,24,27)(H,28,29)(H2,22,25,30). The normalized spacial score (nSPS) is 14.2. The van der Waals surface area contributed by atoms with Crippen molar-refractivity contribution in [3.8, 4) is 11.3 Å². The molecule has 2 aromatic heterocycles. The highest BCUT2D eigenvalue weighted by atomic mass is 16.4. The van der Waals surface area contributed by atoms with Crippen molar-refractivity contribution in [3.05, 3.63) is 88.1 Å². The molecule has 0 bridgehead atoms. The third-order valence-corrected chi connectivity index (χ3v) is 5.00. The summed E-state index contributed by atoms with van der Waals surface area (Å²) in [5.41, 5.74) is 2.41. The summed E-state index contributed by atoms with van der Waals surface area (Å²) < 4.78 is 1.44. The number of anilines is 1. The predicted molar refractivity (Wildman–Crippen MR) is 109 cm³/mol. The Morgan fingerprint density at radius 2 is 1.80 bits per heavy atom. The maximum Gasteiger partial charge on any atom is 0.356 e. The Bertz CT molecular complexity index is 1370. The number of carboxylic acid groups (broad SMARTS) is 1. The zero-order valence-electron chi connectivity index (χ0n) is 15.4. The number of carbonyl (C=O) groups excluding carboxylic acids is 1. The highest BCUT2D eigenvalue weighted by Gasteiger charge is 2.34. The number of para-hydroxylation sites is 1. The largest absolute Gasteiger partial charge is 0.476 e. The van der Waals surface area contributed by atoms with E-state index < -0.39 is 23.6 Å². The highest BCUT2D eigenvalue weighted by Crippen LogP contribution is 2.41. The SMILES string of the molecule is O=C(Nc1ccccc1)NC1c2ccccc2-c2[nH]c(=O)c3nc(C(=O)O)cn3c21. The van der Waals surface area contributed by atoms with E-state index >= 15 is 0 Å². The van der Waals surface area contributed by atoms with Crippen LogP contribution in [0.15, 0.2) is 65.6 Å². The number of nitrogens with one attached hydrogen (secondary N) is 3. The van der Waals surface area contributed by atoms with Crippen LogP contribution in [0.3, 0.4) is 0 Å². The van der Waals surface area contributed by atoms with Crippen LogP contribution in [-0.2, 0) is 0 Å². The summed E-state index contributed by atoms with van der Waals surface area (Å²) in [6.45, 7) is 0. The van der Waals surface area contributed by atoms with Gasteiger partial charge in [-0.3, -0.25) is 9.20 Å². The summed E-state index contributed by atoms with van der Waals surface area (Å²) in [6.07, 6.45) is 1.29. The number of H-pyrrole nitrogens is 1. The summed E-state index contributed by atoms with van der Waals surface area (Å²) in [5.74, 6) is -1.24. The fourth-order valence-corrected chi connectivity index (χ4v) is 3.76. The smallest absolute Gasteiger partial charge is 0.356 e. The predicted octanol–water partition coefficient (Wildman–Crippen LogP) is 2.61. The van der Waals surface area contributed by atoms with Crippen molar-refractivity contribution >= 4 is 23.3 Å². The van der Waals surface area contributed by atoms with Crippen molar-refractivity contribution < 1.29 is 14.7 Å². The maximum absolute atomic E-state index is 12.7. The van der Waals surface area contributed by atoms with Gasteiger partial charge in [0.05, 0.1) is 17.4 Å². The summed E-state index contributed by atoms with van der Waals surface area (Å²) in [7, 11) is 0. The zero-order valence-corrected chi connectivity index (χ0v) is 15.4. The van der Waals surface area contributed by atoms with Crippen molar-refractivity contribution in [2.45, 2.75) is 6.04 Å². The van der Waals surface area contributed by atoms with Gasteiger partial charge in [0, 0.05) is 17.4 Å². The Morgan fingerprint density at radius 3 is 2.57 bits per heavy atom. The number of aromatic carboxylic acids is 1. The topological polar surface area (TPSA) is 129 Å². The van der Waals surface area contributed by atoms with Gasteiger partial charge < -0.3 is 20.7 Å². The Kier molecular flexibility index (Phi) is 3.88. The van der Waals surface area contributed by atoms with Crippen LogP contribution in [0.2, 0.25) is 0 Å². The van der Waals surface area contributed by atoms with Crippen molar-refractivity contribution in [2.24, 2.45) is 0 Å². The highest BCUT2D eigenvalue weighted by molar-refractivity contribution is 5.91. The lowest BCUT2D eigenvalue weighted by molar-refractivity contribution is 0.0691. The number of nitrogens with zero attached hydrogens (tertiary/aromatic N) is 2. The number of imidazole rings is 1. The summed E-state index contributed by atoms with van der Waals surface area (Å²) in [5, 5.41) is 15.0. The molecule has 2 amide bonds. The zero-order chi connectivity index (χ0) is 20.8. The molecule has 30 heavy (non-hydrogen) atoms. The fourth-order valence-electron chi connectivity index (χ4n) is 3.76. The average Bonchev–Trinajstić information content (AvgIpc) is 3.30. The number of benzene rings is 2. The molecular formula is C21H15N5O4. The minimum absolute atomic E-state index is 0.0470. The number of rotatable bonds is 3. The summed E-state index contributed by atoms with van der Waals surface area (Å²) in [4.78, 5) is 43.3. The molecule has 5 rings (SSSR count). The molecule has 0 aliphatic heterocycles. The lowest BCUT2D eigenvalue weighted by Crippen LogP contribution is -2.33. The number of hydrogen-bond acceptors (Lipinski definition) is 4. The van der Waals surface area contributed by atoms with Crippen LogP contribution in [0, 0.1) is 0 Å². The molecule has 0 saturated heterocycles. The molecule has 2 heterocycles. The molecule has 9 nitrogen and oxygen atoms in total. The van der Waals surface area contributed by atoms with E-state index in [1.807, 2.05) is 42.5 Å². The van der Waals surface area contributed by atoms with Gasteiger partial charge in [-0.2, -0.15) is 0 Å². The Morgan fingerprint density at radius 1 is 1.07 bits per heavy atom. The molecule has 0 spiro atoms. The number of urea groups is 1. The Labute approximate surface area is 169 Å². The van der Waals surface area contributed by atoms with Crippen LogP contribution in [0.25, 0.3) is 16.9 Å². The number of aromatic nitrogens is 3. The van der Waals surface area contributed by atoms with Crippen LogP contribution < -0.4 is 16.2 Å². The number of aromatic amines is 1. The average molecular weight is 401 g/mol. The maximum atomic E-state index is 12.7. The quantitative estimate of drug-likeness (QED) is 0.419. The van der Waals surface area contributed by atoms with E-state index in [2.05, 4.69) is 20.6 Å². The second-order valence-corrected chi connectivity index (χ2v) is 6.82. The van der Waals surface area contributed by atoms with Gasteiger partial charge in [-0.05, 0) is 17.7 Å². The molecule has 0 saturated carbocycles. The van der Waals surface area contributed by atoms with Gasteiger partial charge in [0.15, 0.2) is 5.69 Å². The second-order valence-electron chi connectivity index (χ2n) is 6.82. The van der Waals surface area contributed by atoms with Gasteiger partial charge in [0.2, 0.25) is 5.65 Å². The molecule has 2 aromatic carbocycles. The number of hydrogen-bond donors (Lipinski definition) is 4. The number of carboxylic acids is 1. The fraction of sp³-hybridized carbons (Fsp3) is 0.0476. The molecule has 1 aliphatic carbocycles. The Hall–Kier alpha value is -4.40. The molecule has 0 fully saturated rings. The van der Waals surface area contributed by atoms with Gasteiger partial charge in [0.1, 0.15) is 0 Å². The van der Waals surface area contributed by atoms with E-state index in [4.69, 9.17) is 0 Å². The van der Waals surface area contributed by atoms with E-state index in [-0.39, 0.29) is 11.3 Å². The lowest BCUT2D eigenvalue weighted by atomic mass is 10.1. The van der Waals surface area contributed by atoms with Gasteiger partial charge in [-0.15, -0.1) is 0 Å². The monoisotopic (exact) mass is 401 g/mol. The first-order valence-electron chi connectivity index (χ1n) is 9.13. The number of fused-ring (bicyclic) bond motifs is 5. The third-order valence-electron chi connectivity index (χ3n) is 5.00. The minimum atomic E-state index is -1.24. The van der Waals surface area contributed by atoms with Crippen LogP contribution in [-0.4, -0.2) is 31.5 Å². The van der Waals surface area contributed by atoms with Gasteiger partial charge in [0.25, 0.3) is 5.56 Å². The Balaban J connectivity index is 1.64. The molecule has 1 aliphatic rings. The second kappa shape index (κ2) is 6.59. The first-order chi connectivity index (χ1) is 14.5. The van der Waals surface area contributed by atoms with E-state index in [0.717, 1.165) is 11.1 Å². The summed E-state index contributed by atoms with van der Waals surface area (Å²) in [6, 6.07) is 15.3. The first kappa shape index (κ1) is 17.7. The third kappa shape index (κ3) is 2.72. The molecule has 4 N–H and O–H groups in total. The van der Waals surface area contributed by atoms with Crippen LogP contribution in [0.4, 0.5) is 10.5 Å². The first-order valence-corrected chi connectivity index (χ1v) is 9.13. The molecule has 148 valence electrons. The number of amides is 2. The number of carbonyl (C=O) groups is 2. The van der Waals surface area contributed by atoms with Crippen LogP contribution in [0.1, 0.15) is 27.8 Å². The van der Waals surface area contributed by atoms with Gasteiger partial charge in [-0.1, -0.05) is 42.5 Å².